The van der Waals surface area contributed by atoms with Crippen molar-refractivity contribution >= 4 is 29.9 Å². The van der Waals surface area contributed by atoms with E-state index < -0.39 is 0 Å². The summed E-state index contributed by atoms with van der Waals surface area (Å²) in [6.07, 6.45) is 8.05. The molecule has 160 valence electrons. The van der Waals surface area contributed by atoms with Crippen LogP contribution in [-0.2, 0) is 17.8 Å². The van der Waals surface area contributed by atoms with Crippen LogP contribution < -0.4 is 10.6 Å². The van der Waals surface area contributed by atoms with E-state index in [-0.39, 0.29) is 29.8 Å². The van der Waals surface area contributed by atoms with Gasteiger partial charge in [-0.05, 0) is 44.6 Å². The molecule has 2 N–H and O–H groups in total. The molecule has 1 saturated carbocycles. The number of nitrogens with one attached hydrogen (secondary N) is 2. The molecule has 1 aromatic rings. The first-order valence-electron chi connectivity index (χ1n) is 10.1. The first-order valence-corrected chi connectivity index (χ1v) is 10.1. The number of ether oxygens (including phenoxy) is 1. The van der Waals surface area contributed by atoms with E-state index in [9.17, 15) is 4.39 Å². The topological polar surface area (TPSA) is 48.9 Å². The molecule has 1 aliphatic carbocycles. The summed E-state index contributed by atoms with van der Waals surface area (Å²) in [7, 11) is 5.63. The van der Waals surface area contributed by atoms with Crippen molar-refractivity contribution in [2.45, 2.75) is 57.7 Å². The fourth-order valence-corrected chi connectivity index (χ4v) is 3.41. The fraction of sp³-hybridized carbons (Fsp3) is 0.667. The van der Waals surface area contributed by atoms with E-state index in [0.29, 0.717) is 31.4 Å². The Morgan fingerprint density at radius 3 is 2.54 bits per heavy atom. The monoisotopic (exact) mass is 506 g/mol. The van der Waals surface area contributed by atoms with Crippen LogP contribution in [0.5, 0.6) is 0 Å². The van der Waals surface area contributed by atoms with Gasteiger partial charge in [0.1, 0.15) is 5.82 Å². The number of aliphatic imine (C=N–C) groups is 1. The van der Waals surface area contributed by atoms with Gasteiger partial charge in [-0.1, -0.05) is 31.7 Å². The molecular weight excluding hydrogens is 470 g/mol. The molecule has 0 atom stereocenters. The second-order valence-corrected chi connectivity index (χ2v) is 7.50. The minimum absolute atomic E-state index is 0. The van der Waals surface area contributed by atoms with Gasteiger partial charge < -0.3 is 20.3 Å². The highest BCUT2D eigenvalue weighted by atomic mass is 127. The molecule has 7 heteroatoms. The van der Waals surface area contributed by atoms with Gasteiger partial charge in [-0.15, -0.1) is 24.0 Å². The van der Waals surface area contributed by atoms with Crippen molar-refractivity contribution in [3.05, 3.63) is 35.1 Å². The van der Waals surface area contributed by atoms with Gasteiger partial charge in [0, 0.05) is 32.2 Å². The Balaban J connectivity index is 0.00000392. The fourth-order valence-electron chi connectivity index (χ4n) is 3.41. The SMILES string of the molecule is CN=C(NCCOC1CCCCCC1)NCc1ccc(F)c(CN(C)C)c1.I. The van der Waals surface area contributed by atoms with Crippen molar-refractivity contribution in [1.29, 1.82) is 0 Å². The van der Waals surface area contributed by atoms with Crippen LogP contribution in [0, 0.1) is 5.82 Å². The van der Waals surface area contributed by atoms with E-state index in [0.717, 1.165) is 18.1 Å². The molecule has 0 aliphatic heterocycles. The van der Waals surface area contributed by atoms with Crippen LogP contribution >= 0.6 is 24.0 Å². The number of rotatable bonds is 8. The lowest BCUT2D eigenvalue weighted by atomic mass is 10.1. The summed E-state index contributed by atoms with van der Waals surface area (Å²) in [6, 6.07) is 5.25. The standard InChI is InChI=1S/C21H35FN4O.HI/c1-23-21(24-12-13-27-19-8-6-4-5-7-9-19)25-15-17-10-11-20(22)18(14-17)16-26(2)3;/h10-11,14,19H,4-9,12-13,15-16H2,1-3H3,(H2,23,24,25);1H. The van der Waals surface area contributed by atoms with Gasteiger partial charge in [-0.25, -0.2) is 4.39 Å². The van der Waals surface area contributed by atoms with E-state index in [1.165, 1.54) is 44.6 Å². The Bertz CT molecular complexity index is 590. The van der Waals surface area contributed by atoms with Crippen molar-refractivity contribution in [2.75, 3.05) is 34.3 Å². The Hall–Kier alpha value is -0.930. The molecule has 0 radical (unpaired) electrons. The number of halogens is 2. The molecule has 28 heavy (non-hydrogen) atoms. The maximum Gasteiger partial charge on any atom is 0.191 e. The molecule has 1 aliphatic rings. The van der Waals surface area contributed by atoms with Gasteiger partial charge in [-0.3, -0.25) is 4.99 Å². The van der Waals surface area contributed by atoms with E-state index in [1.807, 2.05) is 31.1 Å². The molecule has 0 heterocycles. The van der Waals surface area contributed by atoms with Gasteiger partial charge in [0.15, 0.2) is 5.96 Å². The molecule has 5 nitrogen and oxygen atoms in total. The van der Waals surface area contributed by atoms with Gasteiger partial charge in [-0.2, -0.15) is 0 Å². The number of guanidine groups is 1. The third-order valence-electron chi connectivity index (χ3n) is 4.83. The summed E-state index contributed by atoms with van der Waals surface area (Å²) >= 11 is 0. The third kappa shape index (κ3) is 9.52. The minimum atomic E-state index is -0.161. The maximum absolute atomic E-state index is 13.9. The molecule has 0 aromatic heterocycles. The zero-order valence-corrected chi connectivity index (χ0v) is 19.8. The molecule has 1 fully saturated rings. The molecular formula is C21H36FIN4O. The Labute approximate surface area is 186 Å². The lowest BCUT2D eigenvalue weighted by Crippen LogP contribution is -2.39. The van der Waals surface area contributed by atoms with E-state index >= 15 is 0 Å². The Morgan fingerprint density at radius 1 is 1.18 bits per heavy atom. The van der Waals surface area contributed by atoms with Gasteiger partial charge in [0.05, 0.1) is 12.7 Å². The second-order valence-electron chi connectivity index (χ2n) is 7.50. The molecule has 1 aromatic carbocycles. The highest BCUT2D eigenvalue weighted by Crippen LogP contribution is 2.19. The molecule has 0 bridgehead atoms. The van der Waals surface area contributed by atoms with Crippen molar-refractivity contribution in [3.63, 3.8) is 0 Å². The first kappa shape index (κ1) is 25.1. The summed E-state index contributed by atoms with van der Waals surface area (Å²) < 4.78 is 19.9. The van der Waals surface area contributed by atoms with Crippen LogP contribution in [0.15, 0.2) is 23.2 Å². The van der Waals surface area contributed by atoms with Gasteiger partial charge in [0.25, 0.3) is 0 Å². The second kappa shape index (κ2) is 14.1. The summed E-state index contributed by atoms with van der Waals surface area (Å²) in [6.45, 7) is 2.61. The normalized spacial score (nSPS) is 15.8. The Kier molecular flexibility index (Phi) is 12.7. The number of hydrogen-bond acceptors (Lipinski definition) is 3. The molecule has 0 amide bonds. The summed E-state index contributed by atoms with van der Waals surface area (Å²) in [5.41, 5.74) is 1.74. The summed E-state index contributed by atoms with van der Waals surface area (Å²) in [5, 5.41) is 6.57. The van der Waals surface area contributed by atoms with Crippen LogP contribution in [0.25, 0.3) is 0 Å². The molecule has 0 unspecified atom stereocenters. The molecule has 0 saturated heterocycles. The van der Waals surface area contributed by atoms with Crippen molar-refractivity contribution < 1.29 is 9.13 Å². The lowest BCUT2D eigenvalue weighted by Gasteiger charge is -2.17. The van der Waals surface area contributed by atoms with E-state index in [2.05, 4.69) is 15.6 Å². The number of benzene rings is 1. The van der Waals surface area contributed by atoms with Crippen molar-refractivity contribution in [2.24, 2.45) is 4.99 Å². The Morgan fingerprint density at radius 2 is 1.89 bits per heavy atom. The predicted molar refractivity (Wildman–Crippen MR) is 125 cm³/mol. The van der Waals surface area contributed by atoms with Crippen LogP contribution in [-0.4, -0.2) is 51.3 Å². The quantitative estimate of drug-likeness (QED) is 0.185. The molecule has 2 rings (SSSR count). The number of nitrogens with zero attached hydrogens (tertiary/aromatic N) is 2. The predicted octanol–water partition coefficient (Wildman–Crippen LogP) is 3.91. The smallest absolute Gasteiger partial charge is 0.191 e. The molecule has 0 spiro atoms. The van der Waals surface area contributed by atoms with E-state index in [4.69, 9.17) is 4.74 Å². The highest BCUT2D eigenvalue weighted by Gasteiger charge is 2.12. The largest absolute Gasteiger partial charge is 0.376 e. The van der Waals surface area contributed by atoms with Crippen LogP contribution in [0.1, 0.15) is 49.7 Å². The lowest BCUT2D eigenvalue weighted by molar-refractivity contribution is 0.0468. The number of hydrogen-bond donors (Lipinski definition) is 2. The average Bonchev–Trinajstić information content (AvgIpc) is 2.92. The zero-order chi connectivity index (χ0) is 19.5. The van der Waals surface area contributed by atoms with Crippen molar-refractivity contribution in [3.8, 4) is 0 Å². The van der Waals surface area contributed by atoms with Crippen LogP contribution in [0.3, 0.4) is 0 Å². The van der Waals surface area contributed by atoms with Crippen LogP contribution in [0.4, 0.5) is 4.39 Å². The summed E-state index contributed by atoms with van der Waals surface area (Å²) in [4.78, 5) is 6.21. The minimum Gasteiger partial charge on any atom is -0.376 e. The van der Waals surface area contributed by atoms with Gasteiger partial charge in [0.2, 0.25) is 0 Å². The van der Waals surface area contributed by atoms with E-state index in [1.54, 1.807) is 7.05 Å². The van der Waals surface area contributed by atoms with Crippen molar-refractivity contribution in [1.82, 2.24) is 15.5 Å². The summed E-state index contributed by atoms with van der Waals surface area (Å²) in [5.74, 6) is 0.573. The first-order chi connectivity index (χ1) is 13.1. The zero-order valence-electron chi connectivity index (χ0n) is 17.5. The highest BCUT2D eigenvalue weighted by molar-refractivity contribution is 14.0. The van der Waals surface area contributed by atoms with Crippen LogP contribution in [0.2, 0.25) is 0 Å². The average molecular weight is 506 g/mol. The maximum atomic E-state index is 13.9. The third-order valence-corrected chi connectivity index (χ3v) is 4.83. The van der Waals surface area contributed by atoms with Gasteiger partial charge >= 0.3 is 0 Å².